The Morgan fingerprint density at radius 2 is 2.16 bits per heavy atom. The van der Waals surface area contributed by atoms with Crippen LogP contribution in [0.2, 0.25) is 0 Å². The highest BCUT2D eigenvalue weighted by molar-refractivity contribution is 7.09. The van der Waals surface area contributed by atoms with Crippen LogP contribution < -0.4 is 5.32 Å². The van der Waals surface area contributed by atoms with E-state index in [2.05, 4.69) is 10.3 Å². The van der Waals surface area contributed by atoms with Crippen molar-refractivity contribution < 1.29 is 14.7 Å². The molecule has 0 saturated heterocycles. The van der Waals surface area contributed by atoms with Gasteiger partial charge in [0.1, 0.15) is 0 Å². The minimum absolute atomic E-state index is 0.0442. The number of carbonyl (C=O) groups excluding carboxylic acids is 1. The second-order valence-electron chi connectivity index (χ2n) is 5.17. The van der Waals surface area contributed by atoms with E-state index in [1.54, 1.807) is 11.3 Å². The van der Waals surface area contributed by atoms with Gasteiger partial charge in [0.2, 0.25) is 5.91 Å². The van der Waals surface area contributed by atoms with Gasteiger partial charge in [-0.05, 0) is 27.2 Å². The number of hydrogen-bond acceptors (Lipinski definition) is 4. The summed E-state index contributed by atoms with van der Waals surface area (Å²) < 4.78 is 0. The van der Waals surface area contributed by atoms with Crippen LogP contribution in [0.3, 0.4) is 0 Å². The van der Waals surface area contributed by atoms with Crippen LogP contribution in [0.25, 0.3) is 0 Å². The molecule has 1 amide bonds. The third kappa shape index (κ3) is 4.31. The van der Waals surface area contributed by atoms with E-state index < -0.39 is 11.4 Å². The van der Waals surface area contributed by atoms with Crippen LogP contribution in [-0.4, -0.2) is 22.0 Å². The van der Waals surface area contributed by atoms with Crippen molar-refractivity contribution in [2.75, 3.05) is 0 Å². The lowest BCUT2D eigenvalue weighted by Crippen LogP contribution is -2.34. The van der Waals surface area contributed by atoms with Gasteiger partial charge in [-0.2, -0.15) is 0 Å². The van der Waals surface area contributed by atoms with Crippen molar-refractivity contribution in [3.63, 3.8) is 0 Å². The Balaban J connectivity index is 2.59. The lowest BCUT2D eigenvalue weighted by atomic mass is 9.89. The first-order valence-corrected chi connectivity index (χ1v) is 7.11. The topological polar surface area (TPSA) is 79.3 Å². The molecule has 0 fully saturated rings. The quantitative estimate of drug-likeness (QED) is 0.840. The Labute approximate surface area is 117 Å². The minimum Gasteiger partial charge on any atom is -0.481 e. The third-order valence-corrected chi connectivity index (χ3v) is 3.89. The van der Waals surface area contributed by atoms with Gasteiger partial charge in [-0.1, -0.05) is 6.92 Å². The van der Waals surface area contributed by atoms with Gasteiger partial charge in [0.25, 0.3) is 0 Å². The second kappa shape index (κ2) is 6.14. The molecule has 1 aromatic heterocycles. The maximum absolute atomic E-state index is 11.8. The van der Waals surface area contributed by atoms with Gasteiger partial charge in [0.15, 0.2) is 0 Å². The molecule has 0 saturated carbocycles. The Hall–Kier alpha value is -1.43. The standard InChI is InChI=1S/C13H20N2O3S/c1-5-11-15-9(7-19-11)8(2)14-10(16)6-13(3,4)12(17)18/h7-8H,5-6H2,1-4H3,(H,14,16)(H,17,18). The fourth-order valence-corrected chi connectivity index (χ4v) is 2.37. The molecular formula is C13H20N2O3S. The van der Waals surface area contributed by atoms with Gasteiger partial charge in [0.05, 0.1) is 22.2 Å². The van der Waals surface area contributed by atoms with Crippen molar-refractivity contribution in [3.05, 3.63) is 16.1 Å². The van der Waals surface area contributed by atoms with Gasteiger partial charge in [-0.25, -0.2) is 4.98 Å². The van der Waals surface area contributed by atoms with Crippen LogP contribution in [-0.2, 0) is 16.0 Å². The average molecular weight is 284 g/mol. The third-order valence-electron chi connectivity index (χ3n) is 2.87. The highest BCUT2D eigenvalue weighted by atomic mass is 32.1. The Kier molecular flexibility index (Phi) is 5.05. The van der Waals surface area contributed by atoms with E-state index in [1.165, 1.54) is 13.8 Å². The zero-order valence-electron chi connectivity index (χ0n) is 11.7. The molecule has 1 atom stereocenters. The van der Waals surface area contributed by atoms with Gasteiger partial charge in [0, 0.05) is 11.8 Å². The van der Waals surface area contributed by atoms with E-state index in [0.29, 0.717) is 0 Å². The van der Waals surface area contributed by atoms with Crippen LogP contribution in [0, 0.1) is 5.41 Å². The number of carboxylic acid groups (broad SMARTS) is 1. The number of nitrogens with zero attached hydrogens (tertiary/aromatic N) is 1. The normalized spacial score (nSPS) is 13.1. The summed E-state index contributed by atoms with van der Waals surface area (Å²) in [5, 5.41) is 14.7. The summed E-state index contributed by atoms with van der Waals surface area (Å²) in [6.45, 7) is 6.95. The molecule has 0 radical (unpaired) electrons. The van der Waals surface area contributed by atoms with Crippen molar-refractivity contribution in [2.24, 2.45) is 5.41 Å². The van der Waals surface area contributed by atoms with E-state index in [-0.39, 0.29) is 18.4 Å². The highest BCUT2D eigenvalue weighted by Crippen LogP contribution is 2.22. The molecule has 0 aliphatic carbocycles. The zero-order valence-corrected chi connectivity index (χ0v) is 12.5. The number of carboxylic acids is 1. The van der Waals surface area contributed by atoms with Crippen LogP contribution in [0.15, 0.2) is 5.38 Å². The molecule has 19 heavy (non-hydrogen) atoms. The predicted molar refractivity (Wildman–Crippen MR) is 74.1 cm³/mol. The Morgan fingerprint density at radius 1 is 1.53 bits per heavy atom. The minimum atomic E-state index is -1.06. The lowest BCUT2D eigenvalue weighted by molar-refractivity contribution is -0.149. The summed E-state index contributed by atoms with van der Waals surface area (Å²) in [5.41, 5.74) is -0.233. The van der Waals surface area contributed by atoms with Crippen molar-refractivity contribution in [1.29, 1.82) is 0 Å². The first-order chi connectivity index (χ1) is 8.76. The number of amides is 1. The lowest BCUT2D eigenvalue weighted by Gasteiger charge is -2.20. The van der Waals surface area contributed by atoms with Crippen molar-refractivity contribution in [1.82, 2.24) is 10.3 Å². The number of thiazole rings is 1. The maximum atomic E-state index is 11.8. The molecule has 1 heterocycles. The van der Waals surface area contributed by atoms with Crippen molar-refractivity contribution in [2.45, 2.75) is 46.6 Å². The molecule has 6 heteroatoms. The molecular weight excluding hydrogens is 264 g/mol. The summed E-state index contributed by atoms with van der Waals surface area (Å²) in [6.07, 6.45) is 0.828. The van der Waals surface area contributed by atoms with E-state index >= 15 is 0 Å². The monoisotopic (exact) mass is 284 g/mol. The fraction of sp³-hybridized carbons (Fsp3) is 0.615. The number of carbonyl (C=O) groups is 2. The second-order valence-corrected chi connectivity index (χ2v) is 6.12. The Bertz CT molecular complexity index is 468. The van der Waals surface area contributed by atoms with Crippen LogP contribution in [0.4, 0.5) is 0 Å². The molecule has 0 aromatic carbocycles. The first kappa shape index (κ1) is 15.6. The van der Waals surface area contributed by atoms with Crippen LogP contribution >= 0.6 is 11.3 Å². The highest BCUT2D eigenvalue weighted by Gasteiger charge is 2.30. The molecule has 0 spiro atoms. The van der Waals surface area contributed by atoms with Gasteiger partial charge in [-0.3, -0.25) is 9.59 Å². The van der Waals surface area contributed by atoms with Crippen LogP contribution in [0.1, 0.15) is 50.9 Å². The van der Waals surface area contributed by atoms with Crippen molar-refractivity contribution >= 4 is 23.2 Å². The van der Waals surface area contributed by atoms with E-state index in [4.69, 9.17) is 5.11 Å². The number of aliphatic carboxylic acids is 1. The molecule has 2 N–H and O–H groups in total. The summed E-state index contributed by atoms with van der Waals surface area (Å²) in [7, 11) is 0. The molecule has 5 nitrogen and oxygen atoms in total. The first-order valence-electron chi connectivity index (χ1n) is 6.23. The molecule has 1 rings (SSSR count). The van der Waals surface area contributed by atoms with Gasteiger partial charge in [-0.15, -0.1) is 11.3 Å². The fourth-order valence-electron chi connectivity index (χ4n) is 1.53. The SMILES string of the molecule is CCc1nc(C(C)NC(=O)CC(C)(C)C(=O)O)cs1. The summed E-state index contributed by atoms with van der Waals surface area (Å²) >= 11 is 1.57. The zero-order chi connectivity index (χ0) is 14.6. The number of hydrogen-bond donors (Lipinski definition) is 2. The van der Waals surface area contributed by atoms with E-state index in [0.717, 1.165) is 17.1 Å². The molecule has 0 aliphatic heterocycles. The number of nitrogens with one attached hydrogen (secondary N) is 1. The summed E-state index contributed by atoms with van der Waals surface area (Å²) in [5.74, 6) is -1.25. The van der Waals surface area contributed by atoms with E-state index in [1.807, 2.05) is 19.2 Å². The predicted octanol–water partition coefficient (Wildman–Crippen LogP) is 2.38. The Morgan fingerprint density at radius 3 is 2.63 bits per heavy atom. The number of rotatable bonds is 6. The van der Waals surface area contributed by atoms with Crippen LogP contribution in [0.5, 0.6) is 0 Å². The summed E-state index contributed by atoms with van der Waals surface area (Å²) in [6, 6.07) is -0.200. The number of aryl methyl sites for hydroxylation is 1. The maximum Gasteiger partial charge on any atom is 0.309 e. The molecule has 106 valence electrons. The van der Waals surface area contributed by atoms with Gasteiger partial charge < -0.3 is 10.4 Å². The smallest absolute Gasteiger partial charge is 0.309 e. The molecule has 1 aromatic rings. The molecule has 0 aliphatic rings. The van der Waals surface area contributed by atoms with Gasteiger partial charge >= 0.3 is 5.97 Å². The van der Waals surface area contributed by atoms with Crippen molar-refractivity contribution in [3.8, 4) is 0 Å². The number of aromatic nitrogens is 1. The molecule has 0 bridgehead atoms. The largest absolute Gasteiger partial charge is 0.481 e. The average Bonchev–Trinajstić information content (AvgIpc) is 2.76. The van der Waals surface area contributed by atoms with E-state index in [9.17, 15) is 9.59 Å². The molecule has 1 unspecified atom stereocenters. The summed E-state index contributed by atoms with van der Waals surface area (Å²) in [4.78, 5) is 27.2.